The van der Waals surface area contributed by atoms with Gasteiger partial charge < -0.3 is 14.8 Å². The van der Waals surface area contributed by atoms with Crippen LogP contribution in [0.2, 0.25) is 0 Å². The summed E-state index contributed by atoms with van der Waals surface area (Å²) in [6, 6.07) is 14.8. The minimum Gasteiger partial charge on any atom is -0.493 e. The van der Waals surface area contributed by atoms with Crippen LogP contribution < -0.4 is 14.8 Å². The van der Waals surface area contributed by atoms with Gasteiger partial charge in [0.1, 0.15) is 6.61 Å². The fraction of sp³-hybridized carbons (Fsp3) is 0.238. The summed E-state index contributed by atoms with van der Waals surface area (Å²) in [5, 5.41) is 7.17. The van der Waals surface area contributed by atoms with E-state index in [1.54, 1.807) is 19.4 Å². The predicted octanol–water partition coefficient (Wildman–Crippen LogP) is 4.05. The molecule has 3 aromatic rings. The normalized spacial score (nSPS) is 10.5. The molecule has 0 saturated heterocycles. The third kappa shape index (κ3) is 4.28. The number of carbonyl (C=O) groups is 1. The molecule has 2 aromatic carbocycles. The summed E-state index contributed by atoms with van der Waals surface area (Å²) in [7, 11) is 1.61. The molecule has 1 N–H and O–H groups in total. The van der Waals surface area contributed by atoms with Crippen molar-refractivity contribution in [1.29, 1.82) is 0 Å². The number of carbonyl (C=O) groups excluding carboxylic acids is 1. The molecule has 3 rings (SSSR count). The molecule has 6 nitrogen and oxygen atoms in total. The summed E-state index contributed by atoms with van der Waals surface area (Å²) in [4.78, 5) is 12.6. The van der Waals surface area contributed by atoms with Crippen LogP contribution in [0.5, 0.6) is 11.5 Å². The first-order valence-electron chi connectivity index (χ1n) is 8.81. The monoisotopic (exact) mass is 365 g/mol. The maximum Gasteiger partial charge on any atom is 0.255 e. The molecule has 0 atom stereocenters. The van der Waals surface area contributed by atoms with Gasteiger partial charge in [0.2, 0.25) is 0 Å². The van der Waals surface area contributed by atoms with Crippen molar-refractivity contribution in [3.63, 3.8) is 0 Å². The second-order valence-corrected chi connectivity index (χ2v) is 6.05. The van der Waals surface area contributed by atoms with E-state index in [0.717, 1.165) is 23.5 Å². The Kier molecular flexibility index (Phi) is 5.76. The van der Waals surface area contributed by atoms with E-state index >= 15 is 0 Å². The molecule has 27 heavy (non-hydrogen) atoms. The summed E-state index contributed by atoms with van der Waals surface area (Å²) in [6.07, 6.45) is 1.67. The molecule has 0 bridgehead atoms. The van der Waals surface area contributed by atoms with Gasteiger partial charge in [-0.3, -0.25) is 9.48 Å². The molecule has 140 valence electrons. The molecule has 6 heteroatoms. The second-order valence-electron chi connectivity index (χ2n) is 6.05. The highest BCUT2D eigenvalue weighted by Crippen LogP contribution is 2.26. The number of nitrogens with zero attached hydrogens (tertiary/aromatic N) is 2. The lowest BCUT2D eigenvalue weighted by atomic mass is 10.1. The highest BCUT2D eigenvalue weighted by molar-refractivity contribution is 6.04. The molecule has 1 aromatic heterocycles. The molecule has 0 fully saturated rings. The average Bonchev–Trinajstić information content (AvgIpc) is 3.06. The van der Waals surface area contributed by atoms with Crippen LogP contribution in [0.25, 0.3) is 0 Å². The van der Waals surface area contributed by atoms with E-state index in [4.69, 9.17) is 9.47 Å². The van der Waals surface area contributed by atoms with Gasteiger partial charge in [-0.15, -0.1) is 0 Å². The first-order valence-corrected chi connectivity index (χ1v) is 8.81. The zero-order valence-electron chi connectivity index (χ0n) is 15.7. The van der Waals surface area contributed by atoms with Crippen molar-refractivity contribution in [2.45, 2.75) is 27.0 Å². The van der Waals surface area contributed by atoms with E-state index in [1.165, 1.54) is 0 Å². The van der Waals surface area contributed by atoms with Gasteiger partial charge in [0.05, 0.1) is 24.7 Å². The van der Waals surface area contributed by atoms with Crippen LogP contribution in [-0.2, 0) is 13.2 Å². The summed E-state index contributed by atoms with van der Waals surface area (Å²) < 4.78 is 13.0. The number of hydrogen-bond donors (Lipinski definition) is 1. The minimum atomic E-state index is -0.173. The van der Waals surface area contributed by atoms with Crippen LogP contribution in [0.3, 0.4) is 0 Å². The number of rotatable bonds is 7. The van der Waals surface area contributed by atoms with Crippen molar-refractivity contribution in [1.82, 2.24) is 9.78 Å². The summed E-state index contributed by atoms with van der Waals surface area (Å²) in [6.45, 7) is 5.05. The van der Waals surface area contributed by atoms with Crippen molar-refractivity contribution in [3.05, 3.63) is 71.5 Å². The van der Waals surface area contributed by atoms with E-state index in [9.17, 15) is 4.79 Å². The van der Waals surface area contributed by atoms with Crippen LogP contribution >= 0.6 is 0 Å². The summed E-state index contributed by atoms with van der Waals surface area (Å²) in [5.41, 5.74) is 3.12. The Morgan fingerprint density at radius 1 is 1.15 bits per heavy atom. The first kappa shape index (κ1) is 18.5. The number of nitrogens with one attached hydrogen (secondary N) is 1. The number of anilines is 1. The average molecular weight is 365 g/mol. The van der Waals surface area contributed by atoms with Crippen LogP contribution in [-0.4, -0.2) is 22.8 Å². The lowest BCUT2D eigenvalue weighted by Crippen LogP contribution is -2.13. The maximum absolute atomic E-state index is 12.6. The van der Waals surface area contributed by atoms with E-state index in [-0.39, 0.29) is 5.91 Å². The second kappa shape index (κ2) is 8.40. The van der Waals surface area contributed by atoms with Gasteiger partial charge in [0, 0.05) is 12.1 Å². The van der Waals surface area contributed by atoms with E-state index in [1.807, 2.05) is 61.0 Å². The van der Waals surface area contributed by atoms with Crippen LogP contribution in [0.15, 0.2) is 54.7 Å². The number of ether oxygens (including phenoxy) is 2. The van der Waals surface area contributed by atoms with E-state index in [2.05, 4.69) is 10.4 Å². The topological polar surface area (TPSA) is 65.4 Å². The lowest BCUT2D eigenvalue weighted by molar-refractivity contribution is 0.102. The molecule has 0 radical (unpaired) electrons. The van der Waals surface area contributed by atoms with Crippen molar-refractivity contribution < 1.29 is 14.3 Å². The quantitative estimate of drug-likeness (QED) is 0.686. The zero-order valence-corrected chi connectivity index (χ0v) is 15.7. The Morgan fingerprint density at radius 2 is 1.93 bits per heavy atom. The molecule has 0 spiro atoms. The molecule has 0 aliphatic heterocycles. The molecule has 1 amide bonds. The standard InChI is InChI=1S/C21H23N3O3/c1-4-24-15(2)18(13-22-24)23-21(25)17-9-7-8-16(12-17)14-27-20-11-6-5-10-19(20)26-3/h5-13H,4,14H2,1-3H3,(H,23,25). The first-order chi connectivity index (χ1) is 13.1. The van der Waals surface area contributed by atoms with Crippen LogP contribution in [0, 0.1) is 6.92 Å². The molecule has 0 unspecified atom stereocenters. The van der Waals surface area contributed by atoms with Gasteiger partial charge in [-0.1, -0.05) is 24.3 Å². The Bertz CT molecular complexity index is 934. The van der Waals surface area contributed by atoms with Gasteiger partial charge in [0.25, 0.3) is 5.91 Å². The zero-order chi connectivity index (χ0) is 19.2. The molecule has 0 aliphatic rings. The predicted molar refractivity (Wildman–Crippen MR) is 104 cm³/mol. The lowest BCUT2D eigenvalue weighted by Gasteiger charge is -2.11. The van der Waals surface area contributed by atoms with Gasteiger partial charge in [-0.2, -0.15) is 5.10 Å². The van der Waals surface area contributed by atoms with E-state index < -0.39 is 0 Å². The highest BCUT2D eigenvalue weighted by atomic mass is 16.5. The smallest absolute Gasteiger partial charge is 0.255 e. The van der Waals surface area contributed by atoms with Crippen molar-refractivity contribution in [3.8, 4) is 11.5 Å². The van der Waals surface area contributed by atoms with Crippen molar-refractivity contribution in [2.75, 3.05) is 12.4 Å². The fourth-order valence-electron chi connectivity index (χ4n) is 2.78. The maximum atomic E-state index is 12.6. The number of methoxy groups -OCH3 is 1. The number of amides is 1. The molecular weight excluding hydrogens is 342 g/mol. The number of benzene rings is 2. The highest BCUT2D eigenvalue weighted by Gasteiger charge is 2.12. The number of aromatic nitrogens is 2. The van der Waals surface area contributed by atoms with Gasteiger partial charge in [-0.05, 0) is 43.7 Å². The fourth-order valence-corrected chi connectivity index (χ4v) is 2.78. The van der Waals surface area contributed by atoms with Crippen LogP contribution in [0.1, 0.15) is 28.5 Å². The SMILES string of the molecule is CCn1ncc(NC(=O)c2cccc(COc3ccccc3OC)c2)c1C. The van der Waals surface area contributed by atoms with Crippen LogP contribution in [0.4, 0.5) is 5.69 Å². The Hall–Kier alpha value is -3.28. The molecule has 0 saturated carbocycles. The minimum absolute atomic E-state index is 0.173. The largest absolute Gasteiger partial charge is 0.493 e. The third-order valence-corrected chi connectivity index (χ3v) is 4.30. The number of para-hydroxylation sites is 2. The number of hydrogen-bond acceptors (Lipinski definition) is 4. The van der Waals surface area contributed by atoms with Crippen molar-refractivity contribution in [2.24, 2.45) is 0 Å². The van der Waals surface area contributed by atoms with E-state index in [0.29, 0.717) is 23.7 Å². The van der Waals surface area contributed by atoms with Crippen molar-refractivity contribution >= 4 is 11.6 Å². The Labute approximate surface area is 158 Å². The third-order valence-electron chi connectivity index (χ3n) is 4.30. The Morgan fingerprint density at radius 3 is 2.63 bits per heavy atom. The molecular formula is C21H23N3O3. The van der Waals surface area contributed by atoms with Gasteiger partial charge >= 0.3 is 0 Å². The van der Waals surface area contributed by atoms with Gasteiger partial charge in [-0.25, -0.2) is 0 Å². The Balaban J connectivity index is 1.69. The molecule has 0 aliphatic carbocycles. The summed E-state index contributed by atoms with van der Waals surface area (Å²) >= 11 is 0. The number of aryl methyl sites for hydroxylation is 1. The molecule has 1 heterocycles. The van der Waals surface area contributed by atoms with Gasteiger partial charge in [0.15, 0.2) is 11.5 Å². The summed E-state index contributed by atoms with van der Waals surface area (Å²) in [5.74, 6) is 1.17.